The molecule has 17 aromatic rings. The number of nitriles is 1. The highest BCUT2D eigenvalue weighted by Crippen LogP contribution is 2.50. The van der Waals surface area contributed by atoms with Crippen molar-refractivity contribution in [2.45, 2.75) is 12.4 Å². The Morgan fingerprint density at radius 1 is 0.255 bits per heavy atom. The molecular formula is C81H49F6N7. The molecule has 4 heterocycles. The molecule has 0 saturated carbocycles. The van der Waals surface area contributed by atoms with Gasteiger partial charge in [-0.05, 0) is 152 Å². The van der Waals surface area contributed by atoms with Crippen LogP contribution in [0, 0.1) is 11.3 Å². The number of rotatable bonds is 10. The van der Waals surface area contributed by atoms with Gasteiger partial charge in [0.25, 0.3) is 0 Å². The third-order valence-electron chi connectivity index (χ3n) is 18.2. The van der Waals surface area contributed by atoms with Crippen molar-refractivity contribution in [2.24, 2.45) is 0 Å². The van der Waals surface area contributed by atoms with E-state index in [9.17, 15) is 5.26 Å². The van der Waals surface area contributed by atoms with Gasteiger partial charge in [-0.2, -0.15) is 31.6 Å². The fraction of sp³-hybridized carbons (Fsp3) is 0.0247. The van der Waals surface area contributed by atoms with Gasteiger partial charge in [0.2, 0.25) is 0 Å². The lowest BCUT2D eigenvalue weighted by atomic mass is 10.0. The Labute approximate surface area is 533 Å². The average molecular weight is 1230 g/mol. The van der Waals surface area contributed by atoms with Crippen LogP contribution < -0.4 is 9.80 Å². The number of halogens is 6. The monoisotopic (exact) mass is 1230 g/mol. The van der Waals surface area contributed by atoms with Crippen molar-refractivity contribution in [1.29, 1.82) is 5.26 Å². The summed E-state index contributed by atoms with van der Waals surface area (Å²) < 4.78 is 98.2. The van der Waals surface area contributed by atoms with E-state index in [0.717, 1.165) is 78.8 Å². The van der Waals surface area contributed by atoms with Gasteiger partial charge in [0.1, 0.15) is 11.6 Å². The Kier molecular flexibility index (Phi) is 12.7. The maximum Gasteiger partial charge on any atom is 0.416 e. The summed E-state index contributed by atoms with van der Waals surface area (Å²) in [5.41, 5.74) is 10.4. The van der Waals surface area contributed by atoms with Crippen LogP contribution in [-0.2, 0) is 12.4 Å². The van der Waals surface area contributed by atoms with Crippen LogP contribution in [0.1, 0.15) is 16.7 Å². The standard InChI is InChI=1S/C81H49F6N7/c82-80(83,84)51-37-41-72-63(45-51)59-29-13-17-33-68(59)91(72)76-49-77(92-69-34-18-14-30-60(69)64-46-52(81(85,86)87)38-42-73(64)92)79(94-71-36-20-16-32-62(71)66-48-58(40-44-75(66)94)90(55-25-9-3-10-26-55)56-27-11-4-12-28-56)67(50-88)78(76)93-70-35-19-15-31-61(70)65-47-57(39-43-74(65)93)89(53-21-5-1-6-22-53)54-23-7-2-8-24-54/h1-49H. The van der Waals surface area contributed by atoms with Crippen LogP contribution in [0.4, 0.5) is 60.5 Å². The first-order chi connectivity index (χ1) is 45.9. The highest BCUT2D eigenvalue weighted by atomic mass is 19.4. The van der Waals surface area contributed by atoms with E-state index in [1.807, 2.05) is 149 Å². The van der Waals surface area contributed by atoms with E-state index in [1.54, 1.807) is 24.3 Å². The average Bonchev–Trinajstić information content (AvgIpc) is 1.50. The minimum atomic E-state index is -4.68. The van der Waals surface area contributed by atoms with Crippen molar-refractivity contribution >= 4 is 121 Å². The second-order valence-electron chi connectivity index (χ2n) is 23.4. The van der Waals surface area contributed by atoms with Crippen molar-refractivity contribution in [3.05, 3.63) is 314 Å². The van der Waals surface area contributed by atoms with Crippen molar-refractivity contribution < 1.29 is 26.3 Å². The van der Waals surface area contributed by atoms with Crippen LogP contribution in [0.15, 0.2) is 297 Å². The molecule has 0 unspecified atom stereocenters. The second-order valence-corrected chi connectivity index (χ2v) is 23.4. The zero-order valence-electron chi connectivity index (χ0n) is 49.7. The van der Waals surface area contributed by atoms with E-state index in [4.69, 9.17) is 0 Å². The van der Waals surface area contributed by atoms with Gasteiger partial charge < -0.3 is 28.1 Å². The van der Waals surface area contributed by atoms with Crippen LogP contribution in [-0.4, -0.2) is 18.3 Å². The largest absolute Gasteiger partial charge is 0.416 e. The molecule has 0 saturated heterocycles. The number of para-hydroxylation sites is 8. The van der Waals surface area contributed by atoms with Crippen LogP contribution >= 0.6 is 0 Å². The molecule has 0 aliphatic heterocycles. The van der Waals surface area contributed by atoms with E-state index in [-0.39, 0.29) is 5.56 Å². The number of nitrogens with zero attached hydrogens (tertiary/aromatic N) is 7. The lowest BCUT2D eigenvalue weighted by molar-refractivity contribution is -0.138. The van der Waals surface area contributed by atoms with Crippen molar-refractivity contribution in [1.82, 2.24) is 18.3 Å². The predicted octanol–water partition coefficient (Wildman–Crippen LogP) is 22.9. The van der Waals surface area contributed by atoms with E-state index < -0.39 is 23.5 Å². The fourth-order valence-electron chi connectivity index (χ4n) is 14.2. The summed E-state index contributed by atoms with van der Waals surface area (Å²) in [5, 5.41) is 18.0. The Bertz CT molecular complexity index is 5480. The zero-order valence-corrected chi connectivity index (χ0v) is 49.7. The Morgan fingerprint density at radius 2 is 0.521 bits per heavy atom. The summed E-state index contributed by atoms with van der Waals surface area (Å²) in [4.78, 5) is 4.38. The molecule has 17 rings (SSSR count). The van der Waals surface area contributed by atoms with Gasteiger partial charge in [0, 0.05) is 77.2 Å². The molecule has 0 fully saturated rings. The van der Waals surface area contributed by atoms with Crippen LogP contribution in [0.25, 0.3) is 110 Å². The molecule has 0 spiro atoms. The van der Waals surface area contributed by atoms with Gasteiger partial charge in [0.15, 0.2) is 0 Å². The molecule has 0 aliphatic carbocycles. The summed E-state index contributed by atoms with van der Waals surface area (Å²) in [6.45, 7) is 0. The predicted molar refractivity (Wildman–Crippen MR) is 368 cm³/mol. The minimum absolute atomic E-state index is 0.159. The van der Waals surface area contributed by atoms with Gasteiger partial charge in [-0.3, -0.25) is 0 Å². The molecule has 13 heteroatoms. The summed E-state index contributed by atoms with van der Waals surface area (Å²) in [6, 6.07) is 95.8. The molecule has 0 bridgehead atoms. The lowest BCUT2D eigenvalue weighted by Crippen LogP contribution is -2.14. The molecule has 0 amide bonds. The molecule has 0 atom stereocenters. The molecule has 94 heavy (non-hydrogen) atoms. The number of alkyl halides is 6. The highest BCUT2D eigenvalue weighted by molar-refractivity contribution is 6.16. The van der Waals surface area contributed by atoms with E-state index in [2.05, 4.69) is 122 Å². The normalized spacial score (nSPS) is 12.1. The molecule has 4 aromatic heterocycles. The van der Waals surface area contributed by atoms with Crippen LogP contribution in [0.2, 0.25) is 0 Å². The first-order valence-corrected chi connectivity index (χ1v) is 30.6. The number of hydrogen-bond acceptors (Lipinski definition) is 3. The van der Waals surface area contributed by atoms with Gasteiger partial charge in [-0.15, -0.1) is 0 Å². The Balaban J connectivity index is 1.06. The number of fused-ring (bicyclic) bond motifs is 12. The molecule has 0 aliphatic rings. The quantitative estimate of drug-likeness (QED) is 0.128. The van der Waals surface area contributed by atoms with E-state index in [0.29, 0.717) is 77.4 Å². The maximum atomic E-state index is 15.0. The van der Waals surface area contributed by atoms with Gasteiger partial charge >= 0.3 is 12.4 Å². The fourth-order valence-corrected chi connectivity index (χ4v) is 14.2. The second kappa shape index (κ2) is 21.4. The number of benzene rings is 13. The molecule has 0 N–H and O–H groups in total. The Hall–Kier alpha value is -12.3. The first-order valence-electron chi connectivity index (χ1n) is 30.6. The third-order valence-corrected chi connectivity index (χ3v) is 18.2. The van der Waals surface area contributed by atoms with Crippen molar-refractivity contribution in [3.8, 4) is 28.8 Å². The molecule has 0 radical (unpaired) electrons. The molecular weight excluding hydrogens is 1180 g/mol. The van der Waals surface area contributed by atoms with Crippen LogP contribution in [0.5, 0.6) is 0 Å². The number of hydrogen-bond donors (Lipinski definition) is 0. The molecule has 13 aromatic carbocycles. The van der Waals surface area contributed by atoms with Gasteiger partial charge in [-0.25, -0.2) is 0 Å². The van der Waals surface area contributed by atoms with E-state index >= 15 is 26.3 Å². The molecule has 7 nitrogen and oxygen atoms in total. The SMILES string of the molecule is N#Cc1c(-n2c3ccccc3c3cc(N(c4ccccc4)c4ccccc4)ccc32)c(-n2c3ccccc3c3cc(C(F)(F)F)ccc32)cc(-n2c3ccccc3c3cc(C(F)(F)F)ccc32)c1-n1c2ccccc2c2cc(N(c3ccccc3)c3ccccc3)ccc21. The number of anilines is 6. The minimum Gasteiger partial charge on any atom is -0.310 e. The summed E-state index contributed by atoms with van der Waals surface area (Å²) >= 11 is 0. The number of aromatic nitrogens is 4. The lowest BCUT2D eigenvalue weighted by Gasteiger charge is -2.26. The van der Waals surface area contributed by atoms with Gasteiger partial charge in [-0.1, -0.05) is 146 Å². The van der Waals surface area contributed by atoms with Crippen LogP contribution in [0.3, 0.4) is 0 Å². The highest BCUT2D eigenvalue weighted by Gasteiger charge is 2.35. The summed E-state index contributed by atoms with van der Waals surface area (Å²) in [7, 11) is 0. The van der Waals surface area contributed by atoms with E-state index in [1.165, 1.54) is 24.3 Å². The summed E-state index contributed by atoms with van der Waals surface area (Å²) in [6.07, 6.45) is -9.37. The van der Waals surface area contributed by atoms with Crippen molar-refractivity contribution in [3.63, 3.8) is 0 Å². The first kappa shape index (κ1) is 55.8. The van der Waals surface area contributed by atoms with Gasteiger partial charge in [0.05, 0.1) is 78.0 Å². The molecule has 450 valence electrons. The maximum absolute atomic E-state index is 15.0. The zero-order chi connectivity index (χ0) is 63.6. The summed E-state index contributed by atoms with van der Waals surface area (Å²) in [5.74, 6) is 0. The smallest absolute Gasteiger partial charge is 0.310 e. The Morgan fingerprint density at radius 3 is 0.840 bits per heavy atom. The topological polar surface area (TPSA) is 50.0 Å². The van der Waals surface area contributed by atoms with Crippen molar-refractivity contribution in [2.75, 3.05) is 9.80 Å². The third kappa shape index (κ3) is 8.74.